The van der Waals surface area contributed by atoms with Crippen molar-refractivity contribution in [1.29, 1.82) is 0 Å². The molecule has 0 aliphatic carbocycles. The van der Waals surface area contributed by atoms with Gasteiger partial charge in [-0.3, -0.25) is 19.0 Å². The first-order chi connectivity index (χ1) is 26.8. The van der Waals surface area contributed by atoms with Gasteiger partial charge in [0.05, 0.1) is 26.7 Å². The van der Waals surface area contributed by atoms with E-state index in [-0.39, 0.29) is 56.8 Å². The van der Waals surface area contributed by atoms with Gasteiger partial charge in [0.15, 0.2) is 0 Å². The first-order valence-corrected chi connectivity index (χ1v) is 20.8. The number of nitrogens with zero attached hydrogens (tertiary/aromatic N) is 3. The van der Waals surface area contributed by atoms with Crippen molar-refractivity contribution in [2.24, 2.45) is 0 Å². The maximum atomic E-state index is 13.3. The van der Waals surface area contributed by atoms with Crippen LogP contribution in [0.4, 0.5) is 22.7 Å². The van der Waals surface area contributed by atoms with Gasteiger partial charge in [0.25, 0.3) is 20.0 Å². The minimum atomic E-state index is -4.12. The minimum absolute atomic E-state index is 0.0320. The van der Waals surface area contributed by atoms with Gasteiger partial charge in [0, 0.05) is 29.8 Å². The van der Waals surface area contributed by atoms with E-state index in [1.165, 1.54) is 54.6 Å². The summed E-state index contributed by atoms with van der Waals surface area (Å²) in [4.78, 5) is 37.7. The lowest BCUT2D eigenvalue weighted by molar-refractivity contribution is -0.121. The van der Waals surface area contributed by atoms with E-state index in [1.807, 2.05) is 0 Å². The number of hydrogen-bond acceptors (Lipinski definition) is 10. The lowest BCUT2D eigenvalue weighted by atomic mass is 10.1. The van der Waals surface area contributed by atoms with E-state index in [4.69, 9.17) is 0 Å². The van der Waals surface area contributed by atoms with Crippen molar-refractivity contribution in [3.05, 3.63) is 102 Å². The van der Waals surface area contributed by atoms with E-state index in [0.717, 1.165) is 55.7 Å². The van der Waals surface area contributed by atoms with Crippen molar-refractivity contribution in [2.75, 3.05) is 20.1 Å². The molecule has 0 saturated carbocycles. The average molecular weight is 803 g/mol. The molecule has 0 aliphatic rings. The Bertz CT molecular complexity index is 2390. The third kappa shape index (κ3) is 11.0. The molecule has 1 aromatic heterocycles. The van der Waals surface area contributed by atoms with Gasteiger partial charge in [-0.15, -0.1) is 10.2 Å². The number of carboxylic acids is 1. The predicted molar refractivity (Wildman–Crippen MR) is 211 cm³/mol. The SMILES string of the molecule is CCCCc1ccc(S(=O)(=O)Nc2ccc(NC(=O)CCC(=O)Nc3ccc(NS(=O)(=O)c4ccc(CCCC)cc4)c(-c4nn[nH]n4)c3)cc2C(=O)O)cc1. The molecule has 5 aromatic rings. The number of tetrazole rings is 1. The number of anilines is 4. The highest BCUT2D eigenvalue weighted by Crippen LogP contribution is 2.31. The topological polar surface area (TPSA) is 242 Å². The number of carbonyl (C=O) groups excluding carboxylic acids is 2. The Morgan fingerprint density at radius 3 is 1.61 bits per heavy atom. The Morgan fingerprint density at radius 2 is 1.14 bits per heavy atom. The molecule has 16 nitrogen and oxygen atoms in total. The first-order valence-electron chi connectivity index (χ1n) is 17.9. The van der Waals surface area contributed by atoms with Gasteiger partial charge < -0.3 is 15.7 Å². The number of unbranched alkanes of at least 4 members (excludes halogenated alkanes) is 2. The largest absolute Gasteiger partial charge is 0.478 e. The normalized spacial score (nSPS) is 11.5. The summed E-state index contributed by atoms with van der Waals surface area (Å²) in [5, 5.41) is 28.8. The lowest BCUT2D eigenvalue weighted by Crippen LogP contribution is -2.18. The summed E-state index contributed by atoms with van der Waals surface area (Å²) >= 11 is 0. The minimum Gasteiger partial charge on any atom is -0.478 e. The molecule has 18 heteroatoms. The molecule has 4 aromatic carbocycles. The first kappa shape index (κ1) is 41.0. The maximum Gasteiger partial charge on any atom is 0.337 e. The average Bonchev–Trinajstić information content (AvgIpc) is 3.72. The molecule has 5 rings (SSSR count). The molecule has 0 saturated heterocycles. The standard InChI is InChI=1S/C38H42N8O8S2/c1-3-5-7-25-9-15-29(16-10-25)55(51,52)43-33-19-13-27(23-31(33)37-41-45-46-42-37)39-35(47)21-22-36(48)40-28-14-20-34(32(24-28)38(49)50)44-56(53,54)30-17-11-26(12-18-30)8-6-4-2/h9-20,23-24,43-44H,3-8,21-22H2,1-2H3,(H,39,47)(H,40,48)(H,49,50)(H,41,42,45,46). The number of amides is 2. The summed E-state index contributed by atoms with van der Waals surface area (Å²) in [6.07, 6.45) is 5.07. The number of benzene rings is 4. The van der Waals surface area contributed by atoms with Crippen molar-refractivity contribution < 1.29 is 36.3 Å². The second kappa shape index (κ2) is 18.5. The van der Waals surface area contributed by atoms with Crippen LogP contribution < -0.4 is 20.1 Å². The Hall–Kier alpha value is -6.14. The van der Waals surface area contributed by atoms with E-state index in [0.29, 0.717) is 0 Å². The number of carboxylic acid groups (broad SMARTS) is 1. The number of H-pyrrole nitrogens is 1. The van der Waals surface area contributed by atoms with Gasteiger partial charge in [-0.25, -0.2) is 21.6 Å². The zero-order chi connectivity index (χ0) is 40.3. The van der Waals surface area contributed by atoms with Crippen molar-refractivity contribution in [2.45, 2.75) is 75.0 Å². The van der Waals surface area contributed by atoms with Crippen LogP contribution >= 0.6 is 0 Å². The van der Waals surface area contributed by atoms with Gasteiger partial charge in [0.1, 0.15) is 0 Å². The number of hydrogen-bond donors (Lipinski definition) is 6. The second-order valence-corrected chi connectivity index (χ2v) is 16.2. The van der Waals surface area contributed by atoms with Crippen LogP contribution in [0, 0.1) is 0 Å². The number of carbonyl (C=O) groups is 3. The van der Waals surface area contributed by atoms with E-state index in [1.54, 1.807) is 24.3 Å². The Morgan fingerprint density at radius 1 is 0.661 bits per heavy atom. The fraction of sp³-hybridized carbons (Fsp3) is 0.263. The van der Waals surface area contributed by atoms with Crippen molar-refractivity contribution >= 4 is 60.6 Å². The highest BCUT2D eigenvalue weighted by Gasteiger charge is 2.22. The van der Waals surface area contributed by atoms with Gasteiger partial charge in [-0.1, -0.05) is 51.0 Å². The van der Waals surface area contributed by atoms with Crippen molar-refractivity contribution in [3.63, 3.8) is 0 Å². The summed E-state index contributed by atoms with van der Waals surface area (Å²) in [6, 6.07) is 21.0. The highest BCUT2D eigenvalue weighted by molar-refractivity contribution is 7.93. The Balaban J connectivity index is 1.20. The molecule has 0 fully saturated rings. The lowest BCUT2D eigenvalue weighted by Gasteiger charge is -2.14. The van der Waals surface area contributed by atoms with E-state index >= 15 is 0 Å². The smallest absolute Gasteiger partial charge is 0.337 e. The monoisotopic (exact) mass is 802 g/mol. The fourth-order valence-electron chi connectivity index (χ4n) is 5.57. The van der Waals surface area contributed by atoms with Crippen LogP contribution in [0.1, 0.15) is 73.9 Å². The summed E-state index contributed by atoms with van der Waals surface area (Å²) in [7, 11) is -8.12. The van der Waals surface area contributed by atoms with Gasteiger partial charge in [-0.05, 0) is 103 Å². The number of sulfonamides is 2. The second-order valence-electron chi connectivity index (χ2n) is 12.9. The molecular formula is C38H42N8O8S2. The summed E-state index contributed by atoms with van der Waals surface area (Å²) < 4.78 is 57.5. The van der Waals surface area contributed by atoms with E-state index in [2.05, 4.69) is 54.5 Å². The highest BCUT2D eigenvalue weighted by atomic mass is 32.2. The van der Waals surface area contributed by atoms with Crippen LogP contribution in [0.15, 0.2) is 94.7 Å². The Kier molecular flexibility index (Phi) is 13.5. The molecule has 6 N–H and O–H groups in total. The molecular weight excluding hydrogens is 761 g/mol. The van der Waals surface area contributed by atoms with E-state index in [9.17, 15) is 36.3 Å². The van der Waals surface area contributed by atoms with Crippen LogP contribution in [0.2, 0.25) is 0 Å². The number of aryl methyl sites for hydroxylation is 2. The third-order valence-corrected chi connectivity index (χ3v) is 11.4. The number of nitrogens with one attached hydrogen (secondary N) is 5. The molecule has 0 bridgehead atoms. The van der Waals surface area contributed by atoms with Crippen LogP contribution in [0.25, 0.3) is 11.4 Å². The maximum absolute atomic E-state index is 13.3. The molecule has 0 aliphatic heterocycles. The molecule has 1 heterocycles. The van der Waals surface area contributed by atoms with Crippen molar-refractivity contribution in [3.8, 4) is 11.4 Å². The zero-order valence-electron chi connectivity index (χ0n) is 30.7. The summed E-state index contributed by atoms with van der Waals surface area (Å²) in [6.45, 7) is 4.14. The van der Waals surface area contributed by atoms with Crippen LogP contribution in [-0.2, 0) is 42.5 Å². The van der Waals surface area contributed by atoms with Gasteiger partial charge >= 0.3 is 5.97 Å². The predicted octanol–water partition coefficient (Wildman–Crippen LogP) is 6.21. The molecule has 0 unspecified atom stereocenters. The summed E-state index contributed by atoms with van der Waals surface area (Å²) in [5.41, 5.74) is 2.11. The fourth-order valence-corrected chi connectivity index (χ4v) is 7.73. The summed E-state index contributed by atoms with van der Waals surface area (Å²) in [5.74, 6) is -2.53. The van der Waals surface area contributed by atoms with Crippen LogP contribution in [0.5, 0.6) is 0 Å². The number of aromatic amines is 1. The van der Waals surface area contributed by atoms with E-state index < -0.39 is 43.4 Å². The number of aromatic carboxylic acids is 1. The number of aromatic nitrogens is 4. The molecule has 56 heavy (non-hydrogen) atoms. The van der Waals surface area contributed by atoms with Gasteiger partial charge in [-0.2, -0.15) is 5.21 Å². The quantitative estimate of drug-likeness (QED) is 0.0548. The van der Waals surface area contributed by atoms with Crippen LogP contribution in [0.3, 0.4) is 0 Å². The molecule has 0 spiro atoms. The third-order valence-electron chi connectivity index (χ3n) is 8.60. The molecule has 2 amide bonds. The molecule has 0 atom stereocenters. The van der Waals surface area contributed by atoms with Crippen LogP contribution in [-0.4, -0.2) is 60.3 Å². The van der Waals surface area contributed by atoms with Crippen molar-refractivity contribution in [1.82, 2.24) is 20.6 Å². The molecule has 0 radical (unpaired) electrons. The van der Waals surface area contributed by atoms with Gasteiger partial charge in [0.2, 0.25) is 17.6 Å². The Labute approximate surface area is 324 Å². The zero-order valence-corrected chi connectivity index (χ0v) is 32.3. The molecule has 294 valence electrons. The number of rotatable bonds is 19.